The van der Waals surface area contributed by atoms with Gasteiger partial charge in [0.25, 0.3) is 5.91 Å². The van der Waals surface area contributed by atoms with Crippen molar-refractivity contribution in [1.82, 2.24) is 5.43 Å². The van der Waals surface area contributed by atoms with Crippen LogP contribution in [0.3, 0.4) is 0 Å². The molecule has 0 bridgehead atoms. The predicted molar refractivity (Wildman–Crippen MR) is 99.5 cm³/mol. The number of halogens is 1. The minimum atomic E-state index is -0.311. The number of hydrogen-bond donors (Lipinski definition) is 1. The standard InChI is InChI=1S/C18H15ClN2O2S/c1-11(12-7-9-13(23-2)10-8-12)20-21-18(22)17-16(19)14-5-3-4-6-15(14)24-17/h3-10H,1-2H3,(H,21,22)/b20-11+. The first-order valence-electron chi connectivity index (χ1n) is 7.26. The lowest BCUT2D eigenvalue weighted by atomic mass is 10.1. The van der Waals surface area contributed by atoms with Crippen molar-refractivity contribution in [2.24, 2.45) is 5.10 Å². The number of nitrogens with zero attached hydrogens (tertiary/aromatic N) is 1. The highest BCUT2D eigenvalue weighted by atomic mass is 35.5. The van der Waals surface area contributed by atoms with Crippen LogP contribution in [0, 0.1) is 0 Å². The van der Waals surface area contributed by atoms with Gasteiger partial charge in [-0.05, 0) is 42.8 Å². The Morgan fingerprint density at radius 1 is 1.17 bits per heavy atom. The Bertz CT molecular complexity index is 916. The number of fused-ring (bicyclic) bond motifs is 1. The third-order valence-corrected chi connectivity index (χ3v) is 5.25. The summed E-state index contributed by atoms with van der Waals surface area (Å²) in [6.45, 7) is 1.83. The summed E-state index contributed by atoms with van der Waals surface area (Å²) >= 11 is 7.66. The lowest BCUT2D eigenvalue weighted by Crippen LogP contribution is -2.18. The molecule has 0 atom stereocenters. The van der Waals surface area contributed by atoms with Gasteiger partial charge in [0.1, 0.15) is 10.6 Å². The zero-order valence-electron chi connectivity index (χ0n) is 13.2. The van der Waals surface area contributed by atoms with Crippen molar-refractivity contribution in [3.63, 3.8) is 0 Å². The number of methoxy groups -OCH3 is 1. The molecule has 3 aromatic rings. The summed E-state index contributed by atoms with van der Waals surface area (Å²) in [6.07, 6.45) is 0. The van der Waals surface area contributed by atoms with E-state index in [2.05, 4.69) is 10.5 Å². The summed E-state index contributed by atoms with van der Waals surface area (Å²) < 4.78 is 6.10. The number of carbonyl (C=O) groups excluding carboxylic acids is 1. The van der Waals surface area contributed by atoms with E-state index < -0.39 is 0 Å². The third-order valence-electron chi connectivity index (χ3n) is 3.57. The number of thiophene rings is 1. The van der Waals surface area contributed by atoms with Crippen LogP contribution in [-0.2, 0) is 0 Å². The Balaban J connectivity index is 1.79. The summed E-state index contributed by atoms with van der Waals surface area (Å²) in [7, 11) is 1.62. The van der Waals surface area contributed by atoms with E-state index in [1.54, 1.807) is 7.11 Å². The van der Waals surface area contributed by atoms with Crippen LogP contribution in [0.25, 0.3) is 10.1 Å². The fraction of sp³-hybridized carbons (Fsp3) is 0.111. The lowest BCUT2D eigenvalue weighted by molar-refractivity contribution is 0.0959. The highest BCUT2D eigenvalue weighted by molar-refractivity contribution is 7.21. The molecule has 1 aromatic heterocycles. The SMILES string of the molecule is COc1ccc(/C(C)=N/NC(=O)c2sc3ccccc3c2Cl)cc1. The number of ether oxygens (including phenoxy) is 1. The predicted octanol–water partition coefficient (Wildman–Crippen LogP) is 4.72. The van der Waals surface area contributed by atoms with Crippen molar-refractivity contribution < 1.29 is 9.53 Å². The van der Waals surface area contributed by atoms with Gasteiger partial charge in [-0.15, -0.1) is 11.3 Å². The van der Waals surface area contributed by atoms with Gasteiger partial charge in [-0.3, -0.25) is 4.79 Å². The molecular weight excluding hydrogens is 344 g/mol. The van der Waals surface area contributed by atoms with Crippen molar-refractivity contribution >= 4 is 44.6 Å². The van der Waals surface area contributed by atoms with Gasteiger partial charge in [-0.2, -0.15) is 5.10 Å². The van der Waals surface area contributed by atoms with E-state index in [4.69, 9.17) is 16.3 Å². The molecule has 2 aromatic carbocycles. The zero-order valence-corrected chi connectivity index (χ0v) is 14.7. The van der Waals surface area contributed by atoms with Crippen molar-refractivity contribution in [1.29, 1.82) is 0 Å². The Kier molecular flexibility index (Phi) is 4.83. The Morgan fingerprint density at radius 3 is 2.54 bits per heavy atom. The number of rotatable bonds is 4. The van der Waals surface area contributed by atoms with Crippen molar-refractivity contribution in [3.05, 3.63) is 64.0 Å². The van der Waals surface area contributed by atoms with Gasteiger partial charge in [-0.25, -0.2) is 5.43 Å². The highest BCUT2D eigenvalue weighted by Crippen LogP contribution is 2.34. The summed E-state index contributed by atoms with van der Waals surface area (Å²) in [6, 6.07) is 15.1. The maximum absolute atomic E-state index is 12.4. The monoisotopic (exact) mass is 358 g/mol. The molecule has 0 fully saturated rings. The molecule has 6 heteroatoms. The van der Waals surface area contributed by atoms with Crippen LogP contribution in [0.4, 0.5) is 0 Å². The number of nitrogens with one attached hydrogen (secondary N) is 1. The van der Waals surface area contributed by atoms with Crippen LogP contribution >= 0.6 is 22.9 Å². The van der Waals surface area contributed by atoms with E-state index in [9.17, 15) is 4.79 Å². The van der Waals surface area contributed by atoms with E-state index in [1.165, 1.54) is 11.3 Å². The summed E-state index contributed by atoms with van der Waals surface area (Å²) in [5, 5.41) is 5.50. The number of hydrogen-bond acceptors (Lipinski definition) is 4. The molecular formula is C18H15ClN2O2S. The fourth-order valence-corrected chi connectivity index (χ4v) is 3.65. The largest absolute Gasteiger partial charge is 0.497 e. The first kappa shape index (κ1) is 16.5. The van der Waals surface area contributed by atoms with Gasteiger partial charge in [-0.1, -0.05) is 29.8 Å². The van der Waals surface area contributed by atoms with E-state index >= 15 is 0 Å². The molecule has 0 aliphatic carbocycles. The second kappa shape index (κ2) is 7.03. The molecule has 24 heavy (non-hydrogen) atoms. The number of amides is 1. The second-order valence-corrected chi connectivity index (χ2v) is 6.54. The van der Waals surface area contributed by atoms with Crippen LogP contribution in [0.1, 0.15) is 22.2 Å². The maximum atomic E-state index is 12.4. The Hall–Kier alpha value is -2.37. The minimum Gasteiger partial charge on any atom is -0.497 e. The lowest BCUT2D eigenvalue weighted by Gasteiger charge is -2.04. The van der Waals surface area contributed by atoms with Gasteiger partial charge in [0.2, 0.25) is 0 Å². The van der Waals surface area contributed by atoms with E-state index in [0.717, 1.165) is 21.4 Å². The molecule has 0 radical (unpaired) electrons. The van der Waals surface area contributed by atoms with Gasteiger partial charge >= 0.3 is 0 Å². The van der Waals surface area contributed by atoms with E-state index in [1.807, 2.05) is 55.5 Å². The maximum Gasteiger partial charge on any atom is 0.283 e. The summed E-state index contributed by atoms with van der Waals surface area (Å²) in [5.41, 5.74) is 4.17. The smallest absolute Gasteiger partial charge is 0.283 e. The Labute approximate surface area is 148 Å². The minimum absolute atomic E-state index is 0.311. The van der Waals surface area contributed by atoms with Crippen LogP contribution in [-0.4, -0.2) is 18.7 Å². The quantitative estimate of drug-likeness (QED) is 0.542. The third kappa shape index (κ3) is 3.27. The molecule has 0 spiro atoms. The first-order valence-corrected chi connectivity index (χ1v) is 8.45. The molecule has 0 saturated carbocycles. The van der Waals surface area contributed by atoms with Crippen LogP contribution in [0.2, 0.25) is 5.02 Å². The Morgan fingerprint density at radius 2 is 1.88 bits per heavy atom. The zero-order chi connectivity index (χ0) is 17.1. The van der Waals surface area contributed by atoms with Gasteiger partial charge in [0.05, 0.1) is 17.8 Å². The number of benzene rings is 2. The summed E-state index contributed by atoms with van der Waals surface area (Å²) in [4.78, 5) is 12.8. The molecule has 1 heterocycles. The molecule has 0 aliphatic heterocycles. The molecule has 1 amide bonds. The number of hydrazone groups is 1. The molecule has 122 valence electrons. The van der Waals surface area contributed by atoms with E-state index in [0.29, 0.717) is 15.6 Å². The topological polar surface area (TPSA) is 50.7 Å². The second-order valence-electron chi connectivity index (χ2n) is 5.11. The van der Waals surface area contributed by atoms with Gasteiger partial charge < -0.3 is 4.74 Å². The first-order chi connectivity index (χ1) is 11.6. The van der Waals surface area contributed by atoms with Crippen molar-refractivity contribution in [3.8, 4) is 5.75 Å². The molecule has 1 N–H and O–H groups in total. The number of carbonyl (C=O) groups is 1. The van der Waals surface area contributed by atoms with Crippen molar-refractivity contribution in [2.75, 3.05) is 7.11 Å². The molecule has 0 saturated heterocycles. The average Bonchev–Trinajstić information content (AvgIpc) is 2.96. The van der Waals surface area contributed by atoms with E-state index in [-0.39, 0.29) is 5.91 Å². The van der Waals surface area contributed by atoms with Crippen LogP contribution in [0.15, 0.2) is 53.6 Å². The summed E-state index contributed by atoms with van der Waals surface area (Å²) in [5.74, 6) is 0.460. The highest BCUT2D eigenvalue weighted by Gasteiger charge is 2.16. The van der Waals surface area contributed by atoms with Crippen molar-refractivity contribution in [2.45, 2.75) is 6.92 Å². The van der Waals surface area contributed by atoms with Gasteiger partial charge in [0, 0.05) is 10.1 Å². The molecule has 0 unspecified atom stereocenters. The average molecular weight is 359 g/mol. The normalized spacial score (nSPS) is 11.5. The van der Waals surface area contributed by atoms with Crippen LogP contribution in [0.5, 0.6) is 5.75 Å². The van der Waals surface area contributed by atoms with Crippen LogP contribution < -0.4 is 10.2 Å². The molecule has 0 aliphatic rings. The van der Waals surface area contributed by atoms with Gasteiger partial charge in [0.15, 0.2) is 0 Å². The molecule has 3 rings (SSSR count). The molecule has 4 nitrogen and oxygen atoms in total. The fourth-order valence-electron chi connectivity index (χ4n) is 2.24.